The van der Waals surface area contributed by atoms with Crippen LogP contribution in [-0.2, 0) is 9.84 Å². The molecule has 1 aliphatic rings. The number of nitrogen functional groups attached to an aromatic ring is 1. The highest BCUT2D eigenvalue weighted by atomic mass is 32.2. The lowest BCUT2D eigenvalue weighted by atomic mass is 10.0. The first-order valence-electron chi connectivity index (χ1n) is 6.22. The lowest BCUT2D eigenvalue weighted by molar-refractivity contribution is 0.174. The van der Waals surface area contributed by atoms with Crippen LogP contribution in [0.25, 0.3) is 11.1 Å². The Morgan fingerprint density at radius 1 is 1.29 bits per heavy atom. The van der Waals surface area contributed by atoms with Gasteiger partial charge in [-0.25, -0.2) is 8.42 Å². The minimum absolute atomic E-state index is 0.0689. The van der Waals surface area contributed by atoms with Gasteiger partial charge in [0.05, 0.1) is 5.56 Å². The lowest BCUT2D eigenvalue weighted by Gasteiger charge is -2.09. The van der Waals surface area contributed by atoms with E-state index < -0.39 is 15.1 Å². The van der Waals surface area contributed by atoms with Crippen LogP contribution >= 0.6 is 0 Å². The average molecular weight is 310 g/mol. The molecule has 2 aromatic rings. The summed E-state index contributed by atoms with van der Waals surface area (Å²) in [6.07, 6.45) is 1.14. The Bertz CT molecular complexity index is 797. The fourth-order valence-electron chi connectivity index (χ4n) is 2.14. The molecule has 2 heterocycles. The van der Waals surface area contributed by atoms with Crippen molar-refractivity contribution in [1.29, 1.82) is 0 Å². The van der Waals surface area contributed by atoms with Crippen molar-refractivity contribution in [3.8, 4) is 22.6 Å². The first-order valence-corrected chi connectivity index (χ1v) is 8.17. The zero-order valence-electron chi connectivity index (χ0n) is 11.5. The minimum atomic E-state index is -3.32. The van der Waals surface area contributed by atoms with Gasteiger partial charge >= 0.3 is 0 Å². The summed E-state index contributed by atoms with van der Waals surface area (Å²) in [5, 5.41) is 2.98. The number of hydrogen-bond acceptors (Lipinski definition) is 7. The van der Waals surface area contributed by atoms with Crippen LogP contribution in [0.15, 0.2) is 22.7 Å². The highest BCUT2D eigenvalue weighted by Gasteiger charge is 2.28. The van der Waals surface area contributed by atoms with Crippen LogP contribution in [0.3, 0.4) is 0 Å². The molecule has 0 saturated heterocycles. The van der Waals surface area contributed by atoms with E-state index in [-0.39, 0.29) is 18.4 Å². The van der Waals surface area contributed by atoms with E-state index in [0.717, 1.165) is 6.26 Å². The van der Waals surface area contributed by atoms with Crippen LogP contribution < -0.4 is 15.2 Å². The third-order valence-corrected chi connectivity index (χ3v) is 4.94. The number of sulfone groups is 1. The SMILES string of the molecule is CC(c1noc(N)c1-c1ccc2c(c1)OCO2)S(C)(=O)=O. The van der Waals surface area contributed by atoms with Crippen molar-refractivity contribution in [3.05, 3.63) is 23.9 Å². The van der Waals surface area contributed by atoms with Gasteiger partial charge in [0.2, 0.25) is 12.7 Å². The standard InChI is InChI=1S/C13H14N2O5S/c1-7(21(2,16)17)12-11(13(14)20-15-12)8-3-4-9-10(5-8)19-6-18-9/h3-5,7H,6,14H2,1-2H3. The van der Waals surface area contributed by atoms with E-state index in [1.54, 1.807) is 25.1 Å². The van der Waals surface area contributed by atoms with Gasteiger partial charge in [0.1, 0.15) is 10.9 Å². The van der Waals surface area contributed by atoms with E-state index in [9.17, 15) is 8.42 Å². The second-order valence-electron chi connectivity index (χ2n) is 4.85. The van der Waals surface area contributed by atoms with Crippen molar-refractivity contribution < 1.29 is 22.4 Å². The maximum atomic E-state index is 11.7. The van der Waals surface area contributed by atoms with Gasteiger partial charge in [0.15, 0.2) is 21.3 Å². The van der Waals surface area contributed by atoms with Gasteiger partial charge in [-0.15, -0.1) is 0 Å². The number of hydrogen-bond donors (Lipinski definition) is 1. The van der Waals surface area contributed by atoms with Gasteiger partial charge in [-0.2, -0.15) is 0 Å². The zero-order valence-corrected chi connectivity index (χ0v) is 12.3. The predicted octanol–water partition coefficient (Wildman–Crippen LogP) is 1.76. The van der Waals surface area contributed by atoms with Gasteiger partial charge < -0.3 is 19.7 Å². The Morgan fingerprint density at radius 3 is 2.71 bits per heavy atom. The monoisotopic (exact) mass is 310 g/mol. The third kappa shape index (κ3) is 2.31. The zero-order chi connectivity index (χ0) is 15.2. The van der Waals surface area contributed by atoms with Gasteiger partial charge in [-0.05, 0) is 24.6 Å². The summed E-state index contributed by atoms with van der Waals surface area (Å²) in [6.45, 7) is 1.70. The summed E-state index contributed by atoms with van der Waals surface area (Å²) in [5.74, 6) is 1.27. The van der Waals surface area contributed by atoms with Crippen LogP contribution in [0.2, 0.25) is 0 Å². The summed E-state index contributed by atoms with van der Waals surface area (Å²) < 4.78 is 39.0. The van der Waals surface area contributed by atoms with E-state index >= 15 is 0 Å². The molecule has 3 rings (SSSR count). The van der Waals surface area contributed by atoms with Crippen LogP contribution in [-0.4, -0.2) is 26.6 Å². The van der Waals surface area contributed by atoms with Crippen LogP contribution in [0.5, 0.6) is 11.5 Å². The Balaban J connectivity index is 2.13. The summed E-state index contributed by atoms with van der Waals surface area (Å²) >= 11 is 0. The predicted molar refractivity (Wildman–Crippen MR) is 75.7 cm³/mol. The molecule has 0 spiro atoms. The fraction of sp³-hybridized carbons (Fsp3) is 0.308. The van der Waals surface area contributed by atoms with Crippen molar-refractivity contribution >= 4 is 15.7 Å². The second-order valence-corrected chi connectivity index (χ2v) is 7.21. The van der Waals surface area contributed by atoms with Crippen molar-refractivity contribution in [2.24, 2.45) is 0 Å². The summed E-state index contributed by atoms with van der Waals surface area (Å²) in [4.78, 5) is 0. The first-order chi connectivity index (χ1) is 9.88. The molecule has 0 aliphatic carbocycles. The molecule has 0 fully saturated rings. The van der Waals surface area contributed by atoms with E-state index in [1.165, 1.54) is 0 Å². The Kier molecular flexibility index (Phi) is 3.05. The number of anilines is 1. The normalized spacial score (nSPS) is 15.1. The van der Waals surface area contributed by atoms with Crippen molar-refractivity contribution in [2.75, 3.05) is 18.8 Å². The molecule has 0 amide bonds. The second kappa shape index (κ2) is 4.66. The summed E-state index contributed by atoms with van der Waals surface area (Å²) in [6, 6.07) is 5.22. The number of benzene rings is 1. The fourth-order valence-corrected chi connectivity index (χ4v) is 2.70. The molecule has 1 aromatic heterocycles. The highest BCUT2D eigenvalue weighted by Crippen LogP contribution is 2.41. The largest absolute Gasteiger partial charge is 0.454 e. The number of nitrogens with zero attached hydrogens (tertiary/aromatic N) is 1. The Morgan fingerprint density at radius 2 is 2.00 bits per heavy atom. The van der Waals surface area contributed by atoms with Crippen LogP contribution in [0.4, 0.5) is 5.88 Å². The minimum Gasteiger partial charge on any atom is -0.454 e. The topological polar surface area (TPSA) is 105 Å². The van der Waals surface area contributed by atoms with Gasteiger partial charge in [-0.3, -0.25) is 0 Å². The number of aromatic nitrogens is 1. The highest BCUT2D eigenvalue weighted by molar-refractivity contribution is 7.90. The molecule has 8 heteroatoms. The lowest BCUT2D eigenvalue weighted by Crippen LogP contribution is -2.09. The molecule has 1 unspecified atom stereocenters. The maximum absolute atomic E-state index is 11.7. The van der Waals surface area contributed by atoms with Gasteiger partial charge in [0, 0.05) is 6.26 Å². The number of ether oxygens (including phenoxy) is 2. The van der Waals surface area contributed by atoms with Crippen molar-refractivity contribution in [3.63, 3.8) is 0 Å². The van der Waals surface area contributed by atoms with Crippen LogP contribution in [0.1, 0.15) is 17.9 Å². The van der Waals surface area contributed by atoms with E-state index in [4.69, 9.17) is 19.7 Å². The summed E-state index contributed by atoms with van der Waals surface area (Å²) in [7, 11) is -3.32. The first kappa shape index (κ1) is 13.7. The third-order valence-electron chi connectivity index (χ3n) is 3.43. The Labute approximate surface area is 121 Å². The molecule has 1 aliphatic heterocycles. The molecule has 112 valence electrons. The summed E-state index contributed by atoms with van der Waals surface area (Å²) in [5.41, 5.74) is 7.22. The molecule has 0 bridgehead atoms. The average Bonchev–Trinajstić information content (AvgIpc) is 3.01. The Hall–Kier alpha value is -2.22. The molecule has 21 heavy (non-hydrogen) atoms. The number of rotatable bonds is 3. The van der Waals surface area contributed by atoms with E-state index in [1.807, 2.05) is 0 Å². The number of nitrogens with two attached hydrogens (primary N) is 1. The smallest absolute Gasteiger partial charge is 0.231 e. The molecule has 1 atom stereocenters. The van der Waals surface area contributed by atoms with Gasteiger partial charge in [0.25, 0.3) is 0 Å². The molecule has 0 radical (unpaired) electrons. The molecular weight excluding hydrogens is 296 g/mol. The molecule has 2 N–H and O–H groups in total. The molecular formula is C13H14N2O5S. The van der Waals surface area contributed by atoms with Crippen LogP contribution in [0, 0.1) is 0 Å². The maximum Gasteiger partial charge on any atom is 0.231 e. The van der Waals surface area contributed by atoms with E-state index in [0.29, 0.717) is 22.6 Å². The van der Waals surface area contributed by atoms with Gasteiger partial charge in [-0.1, -0.05) is 11.2 Å². The van der Waals surface area contributed by atoms with E-state index in [2.05, 4.69) is 5.16 Å². The number of fused-ring (bicyclic) bond motifs is 1. The van der Waals surface area contributed by atoms with Crippen molar-refractivity contribution in [1.82, 2.24) is 5.16 Å². The van der Waals surface area contributed by atoms with Crippen molar-refractivity contribution in [2.45, 2.75) is 12.2 Å². The molecule has 1 aromatic carbocycles. The molecule has 0 saturated carbocycles. The molecule has 7 nitrogen and oxygen atoms in total. The quantitative estimate of drug-likeness (QED) is 0.920.